The lowest BCUT2D eigenvalue weighted by molar-refractivity contribution is -0.384. The number of nitro benzene ring substituents is 1. The lowest BCUT2D eigenvalue weighted by Crippen LogP contribution is -2.40. The molecular formula is C20H21N5O7. The highest BCUT2D eigenvalue weighted by Gasteiger charge is 2.26. The van der Waals surface area contributed by atoms with Crippen LogP contribution in [0.3, 0.4) is 0 Å². The smallest absolute Gasteiger partial charge is 0.344 e. The Labute approximate surface area is 182 Å². The van der Waals surface area contributed by atoms with Crippen LogP contribution < -0.4 is 10.6 Å². The number of carbonyl (C=O) groups excluding carboxylic acids is 2. The number of imide groups is 1. The summed E-state index contributed by atoms with van der Waals surface area (Å²) in [6, 6.07) is 5.90. The number of nitro groups is 1. The van der Waals surface area contributed by atoms with Crippen molar-refractivity contribution < 1.29 is 28.8 Å². The Hall–Kier alpha value is -4.06. The van der Waals surface area contributed by atoms with Crippen LogP contribution in [0.5, 0.6) is 0 Å². The molecule has 12 heteroatoms. The highest BCUT2D eigenvalue weighted by Crippen LogP contribution is 2.27. The fourth-order valence-corrected chi connectivity index (χ4v) is 3.05. The van der Waals surface area contributed by atoms with Gasteiger partial charge in [-0.25, -0.2) is 9.80 Å². The van der Waals surface area contributed by atoms with E-state index in [1.165, 1.54) is 30.5 Å². The highest BCUT2D eigenvalue weighted by molar-refractivity contribution is 6.02. The Morgan fingerprint density at radius 1 is 1.38 bits per heavy atom. The summed E-state index contributed by atoms with van der Waals surface area (Å²) in [6.45, 7) is 3.44. The molecule has 2 heterocycles. The van der Waals surface area contributed by atoms with E-state index in [4.69, 9.17) is 4.42 Å². The Kier molecular flexibility index (Phi) is 6.64. The number of carboxylic acids is 1. The monoisotopic (exact) mass is 443 g/mol. The summed E-state index contributed by atoms with van der Waals surface area (Å²) in [4.78, 5) is 44.9. The Bertz CT molecular complexity index is 1070. The van der Waals surface area contributed by atoms with E-state index in [1.54, 1.807) is 19.9 Å². The number of rotatable bonds is 9. The molecule has 1 aliphatic rings. The lowest BCUT2D eigenvalue weighted by Gasteiger charge is -2.17. The van der Waals surface area contributed by atoms with Crippen LogP contribution in [-0.2, 0) is 16.1 Å². The quantitative estimate of drug-likeness (QED) is 0.229. The Balaban J connectivity index is 1.90. The van der Waals surface area contributed by atoms with Gasteiger partial charge in [0.15, 0.2) is 5.76 Å². The third-order valence-electron chi connectivity index (χ3n) is 4.74. The number of non-ortho nitro benzene ring substituents is 1. The third-order valence-corrected chi connectivity index (χ3v) is 4.74. The zero-order valence-electron chi connectivity index (χ0n) is 17.3. The van der Waals surface area contributed by atoms with Gasteiger partial charge in [-0.1, -0.05) is 13.8 Å². The summed E-state index contributed by atoms with van der Waals surface area (Å²) in [6.07, 6.45) is 1.26. The van der Waals surface area contributed by atoms with E-state index in [-0.39, 0.29) is 30.5 Å². The molecule has 3 rings (SSSR count). The summed E-state index contributed by atoms with van der Waals surface area (Å²) >= 11 is 0. The lowest BCUT2D eigenvalue weighted by atomic mass is 10.0. The summed E-state index contributed by atoms with van der Waals surface area (Å²) in [5.74, 6) is -1.05. The number of hydrogen-bond acceptors (Lipinski definition) is 8. The minimum absolute atomic E-state index is 0.0741. The molecule has 1 aromatic carbocycles. The van der Waals surface area contributed by atoms with Crippen molar-refractivity contribution in [1.29, 1.82) is 0 Å². The normalized spacial score (nSPS) is 14.9. The standard InChI is InChI=1S/C20H21N5O7/c1-11(2)18(19(27)28)21-8-13-7-15(12-3-5-14(6-4-12)25(30)31)32-16(13)9-22-24-10-17(26)23-20(24)29/h3-7,9,11,18,21H,8,10H2,1-2H3,(H,27,28)(H,23,26,29)/b22-9+/t18-/m0/s1. The van der Waals surface area contributed by atoms with E-state index in [2.05, 4.69) is 15.7 Å². The average molecular weight is 443 g/mol. The number of nitrogens with one attached hydrogen (secondary N) is 2. The molecule has 1 saturated heterocycles. The van der Waals surface area contributed by atoms with Gasteiger partial charge in [0.2, 0.25) is 5.91 Å². The number of aliphatic carboxylic acids is 1. The van der Waals surface area contributed by atoms with Crippen LogP contribution >= 0.6 is 0 Å². The first-order valence-electron chi connectivity index (χ1n) is 9.64. The molecular weight excluding hydrogens is 422 g/mol. The first-order valence-corrected chi connectivity index (χ1v) is 9.64. The van der Waals surface area contributed by atoms with Crippen LogP contribution in [0.15, 0.2) is 39.9 Å². The predicted octanol–water partition coefficient (Wildman–Crippen LogP) is 1.94. The van der Waals surface area contributed by atoms with Gasteiger partial charge in [0, 0.05) is 29.8 Å². The van der Waals surface area contributed by atoms with Crippen LogP contribution in [0.4, 0.5) is 10.5 Å². The van der Waals surface area contributed by atoms with Crippen LogP contribution in [0.25, 0.3) is 11.3 Å². The second-order valence-corrected chi connectivity index (χ2v) is 7.40. The molecule has 0 aliphatic carbocycles. The van der Waals surface area contributed by atoms with Crippen molar-refractivity contribution in [3.05, 3.63) is 51.8 Å². The number of nitrogens with zero attached hydrogens (tertiary/aromatic N) is 3. The molecule has 2 aromatic rings. The van der Waals surface area contributed by atoms with Gasteiger partial charge in [0.05, 0.1) is 11.1 Å². The maximum Gasteiger partial charge on any atom is 0.344 e. The number of carbonyl (C=O) groups is 3. The predicted molar refractivity (Wildman–Crippen MR) is 112 cm³/mol. The number of hydrazone groups is 1. The van der Waals surface area contributed by atoms with Crippen molar-refractivity contribution in [2.75, 3.05) is 6.54 Å². The van der Waals surface area contributed by atoms with Gasteiger partial charge in [-0.3, -0.25) is 30.3 Å². The van der Waals surface area contributed by atoms with Crippen molar-refractivity contribution >= 4 is 29.8 Å². The third kappa shape index (κ3) is 5.16. The van der Waals surface area contributed by atoms with Crippen LogP contribution in [0.2, 0.25) is 0 Å². The fraction of sp³-hybridized carbons (Fsp3) is 0.300. The van der Waals surface area contributed by atoms with E-state index in [9.17, 15) is 29.6 Å². The molecule has 0 unspecified atom stereocenters. The number of hydrogen-bond donors (Lipinski definition) is 3. The molecule has 12 nitrogen and oxygen atoms in total. The second-order valence-electron chi connectivity index (χ2n) is 7.40. The first kappa shape index (κ1) is 22.6. The molecule has 32 heavy (non-hydrogen) atoms. The van der Waals surface area contributed by atoms with Crippen LogP contribution in [-0.4, -0.2) is 51.7 Å². The highest BCUT2D eigenvalue weighted by atomic mass is 16.6. The molecule has 168 valence electrons. The summed E-state index contributed by atoms with van der Waals surface area (Å²) in [7, 11) is 0. The van der Waals surface area contributed by atoms with Crippen molar-refractivity contribution in [2.24, 2.45) is 11.0 Å². The topological polar surface area (TPSA) is 167 Å². The number of furan rings is 1. The number of amides is 3. The van der Waals surface area contributed by atoms with Crippen molar-refractivity contribution in [1.82, 2.24) is 15.6 Å². The molecule has 1 fully saturated rings. The minimum atomic E-state index is -0.999. The minimum Gasteiger partial charge on any atom is -0.480 e. The van der Waals surface area contributed by atoms with Gasteiger partial charge >= 0.3 is 12.0 Å². The number of urea groups is 1. The SMILES string of the molecule is CC(C)[C@H](NCc1cc(-c2ccc([N+](=O)[O-])cc2)oc1/C=N/N1CC(=O)NC1=O)C(=O)O. The molecule has 1 aromatic heterocycles. The fourth-order valence-electron chi connectivity index (χ4n) is 3.05. The van der Waals surface area contributed by atoms with Gasteiger partial charge in [0.25, 0.3) is 5.69 Å². The van der Waals surface area contributed by atoms with E-state index < -0.39 is 28.9 Å². The Morgan fingerprint density at radius 3 is 2.59 bits per heavy atom. The van der Waals surface area contributed by atoms with Crippen molar-refractivity contribution in [3.63, 3.8) is 0 Å². The second kappa shape index (κ2) is 9.39. The molecule has 0 spiro atoms. The summed E-state index contributed by atoms with van der Waals surface area (Å²) in [5, 5.41) is 30.2. The average Bonchev–Trinajstić information content (AvgIpc) is 3.28. The van der Waals surface area contributed by atoms with Gasteiger partial charge in [-0.15, -0.1) is 0 Å². The van der Waals surface area contributed by atoms with Crippen LogP contribution in [0.1, 0.15) is 25.2 Å². The molecule has 1 aliphatic heterocycles. The molecule has 0 saturated carbocycles. The zero-order valence-corrected chi connectivity index (χ0v) is 17.3. The largest absolute Gasteiger partial charge is 0.480 e. The maximum absolute atomic E-state index is 11.7. The number of carboxylic acid groups (broad SMARTS) is 1. The van der Waals surface area contributed by atoms with E-state index in [1.807, 2.05) is 0 Å². The van der Waals surface area contributed by atoms with Gasteiger partial charge < -0.3 is 9.52 Å². The van der Waals surface area contributed by atoms with Crippen LogP contribution in [0, 0.1) is 16.0 Å². The van der Waals surface area contributed by atoms with Gasteiger partial charge in [-0.2, -0.15) is 5.10 Å². The molecule has 1 atom stereocenters. The molecule has 3 N–H and O–H groups in total. The van der Waals surface area contributed by atoms with Crippen molar-refractivity contribution in [3.8, 4) is 11.3 Å². The van der Waals surface area contributed by atoms with Gasteiger partial charge in [0.1, 0.15) is 18.3 Å². The zero-order chi connectivity index (χ0) is 23.4. The number of benzene rings is 1. The van der Waals surface area contributed by atoms with Crippen molar-refractivity contribution in [2.45, 2.75) is 26.4 Å². The van der Waals surface area contributed by atoms with E-state index in [0.717, 1.165) is 5.01 Å². The Morgan fingerprint density at radius 2 is 2.06 bits per heavy atom. The molecule has 3 amide bonds. The van der Waals surface area contributed by atoms with E-state index in [0.29, 0.717) is 16.9 Å². The first-order chi connectivity index (χ1) is 15.2. The molecule has 0 radical (unpaired) electrons. The molecule has 0 bridgehead atoms. The van der Waals surface area contributed by atoms with Gasteiger partial charge in [-0.05, 0) is 24.1 Å². The van der Waals surface area contributed by atoms with E-state index >= 15 is 0 Å². The summed E-state index contributed by atoms with van der Waals surface area (Å²) in [5.41, 5.74) is 1.04. The summed E-state index contributed by atoms with van der Waals surface area (Å²) < 4.78 is 5.83. The maximum atomic E-state index is 11.7.